The van der Waals surface area contributed by atoms with Gasteiger partial charge in [-0.25, -0.2) is 0 Å². The van der Waals surface area contributed by atoms with Gasteiger partial charge in [-0.1, -0.05) is 6.07 Å². The van der Waals surface area contributed by atoms with E-state index in [4.69, 9.17) is 9.47 Å². The predicted molar refractivity (Wildman–Crippen MR) is 114 cm³/mol. The highest BCUT2D eigenvalue weighted by Crippen LogP contribution is 2.42. The molecule has 2 fully saturated rings. The fraction of sp³-hybridized carbons (Fsp3) is 0.409. The summed E-state index contributed by atoms with van der Waals surface area (Å²) in [5.74, 6) is 3.07. The molecule has 1 spiro atoms. The lowest BCUT2D eigenvalue weighted by Gasteiger charge is -2.38. The van der Waals surface area contributed by atoms with Gasteiger partial charge in [-0.15, -0.1) is 11.3 Å². The van der Waals surface area contributed by atoms with Crippen LogP contribution in [0.1, 0.15) is 34.5 Å². The SMILES string of the molecule is O=C(c1ccc(OC2CSC2)cc1)N1CCC2(CC1)CC(c1cccs1)=CO2. The zero-order valence-corrected chi connectivity index (χ0v) is 17.3. The van der Waals surface area contributed by atoms with Crippen LogP contribution in [0.15, 0.2) is 48.0 Å². The van der Waals surface area contributed by atoms with Gasteiger partial charge in [-0.3, -0.25) is 4.79 Å². The zero-order valence-electron chi connectivity index (χ0n) is 15.6. The highest BCUT2D eigenvalue weighted by atomic mass is 32.2. The maximum absolute atomic E-state index is 12.9. The molecule has 0 aliphatic carbocycles. The molecule has 0 unspecified atom stereocenters. The maximum Gasteiger partial charge on any atom is 0.253 e. The number of nitrogens with zero attached hydrogens (tertiary/aromatic N) is 1. The van der Waals surface area contributed by atoms with E-state index < -0.39 is 0 Å². The summed E-state index contributed by atoms with van der Waals surface area (Å²) < 4.78 is 12.0. The molecular weight excluding hydrogens is 390 g/mol. The molecule has 0 saturated carbocycles. The van der Waals surface area contributed by atoms with Gasteiger partial charge in [0.25, 0.3) is 5.91 Å². The van der Waals surface area contributed by atoms with E-state index in [1.165, 1.54) is 10.5 Å². The molecule has 4 heterocycles. The van der Waals surface area contributed by atoms with Gasteiger partial charge in [-0.05, 0) is 35.7 Å². The van der Waals surface area contributed by atoms with Crippen molar-refractivity contribution in [2.45, 2.75) is 31.0 Å². The lowest BCUT2D eigenvalue weighted by molar-refractivity contribution is -0.0112. The number of likely N-dealkylation sites (tertiary alicyclic amines) is 1. The molecule has 0 atom stereocenters. The van der Waals surface area contributed by atoms with Gasteiger partial charge < -0.3 is 14.4 Å². The minimum absolute atomic E-state index is 0.102. The van der Waals surface area contributed by atoms with Crippen LogP contribution in [0.3, 0.4) is 0 Å². The second-order valence-corrected chi connectivity index (χ2v) is 9.71. The smallest absolute Gasteiger partial charge is 0.253 e. The molecule has 3 aliphatic heterocycles. The monoisotopic (exact) mass is 413 g/mol. The number of amides is 1. The van der Waals surface area contributed by atoms with Crippen molar-refractivity contribution in [3.8, 4) is 5.75 Å². The van der Waals surface area contributed by atoms with Gasteiger partial charge in [0.15, 0.2) is 0 Å². The fourth-order valence-electron chi connectivity index (χ4n) is 3.98. The Morgan fingerprint density at radius 2 is 1.93 bits per heavy atom. The molecule has 0 N–H and O–H groups in total. The standard InChI is InChI=1S/C22H23NO3S2/c24-21(16-3-5-18(6-4-16)26-19-14-27-15-19)23-9-7-22(8-10-23)12-17(13-25-22)20-2-1-11-28-20/h1-6,11,13,19H,7-10,12,14-15H2. The van der Waals surface area contributed by atoms with Crippen molar-refractivity contribution in [3.05, 3.63) is 58.5 Å². The Bertz CT molecular complexity index is 864. The number of piperidine rings is 1. The number of thiophene rings is 1. The summed E-state index contributed by atoms with van der Waals surface area (Å²) in [7, 11) is 0. The van der Waals surface area contributed by atoms with Gasteiger partial charge in [0.05, 0.1) is 6.26 Å². The van der Waals surface area contributed by atoms with Crippen LogP contribution >= 0.6 is 23.1 Å². The minimum atomic E-state index is -0.130. The summed E-state index contributed by atoms with van der Waals surface area (Å²) in [6, 6.07) is 11.8. The molecule has 4 nitrogen and oxygen atoms in total. The summed E-state index contributed by atoms with van der Waals surface area (Å²) in [6.07, 6.45) is 4.96. The molecule has 1 aromatic carbocycles. The third-order valence-corrected chi connectivity index (χ3v) is 7.94. The van der Waals surface area contributed by atoms with Gasteiger partial charge >= 0.3 is 0 Å². The second-order valence-electron chi connectivity index (χ2n) is 7.69. The van der Waals surface area contributed by atoms with Crippen LogP contribution in [0.25, 0.3) is 5.57 Å². The maximum atomic E-state index is 12.9. The first-order valence-electron chi connectivity index (χ1n) is 9.75. The summed E-state index contributed by atoms with van der Waals surface area (Å²) >= 11 is 3.65. The number of rotatable bonds is 4. The first-order valence-corrected chi connectivity index (χ1v) is 11.8. The Balaban J connectivity index is 1.17. The first kappa shape index (κ1) is 18.1. The fourth-order valence-corrected chi connectivity index (χ4v) is 5.27. The van der Waals surface area contributed by atoms with E-state index in [1.54, 1.807) is 11.3 Å². The van der Waals surface area contributed by atoms with Crippen LogP contribution in [0.5, 0.6) is 5.75 Å². The molecule has 0 bridgehead atoms. The van der Waals surface area contributed by atoms with Crippen LogP contribution in [-0.2, 0) is 4.74 Å². The Labute approximate surface area is 173 Å². The molecule has 0 radical (unpaired) electrons. The van der Waals surface area contributed by atoms with E-state index in [0.717, 1.165) is 55.2 Å². The van der Waals surface area contributed by atoms with Crippen molar-refractivity contribution in [3.63, 3.8) is 0 Å². The molecule has 2 aromatic rings. The number of thioether (sulfide) groups is 1. The van der Waals surface area contributed by atoms with Gasteiger partial charge in [0.2, 0.25) is 0 Å². The molecular formula is C22H23NO3S2. The quantitative estimate of drug-likeness (QED) is 0.730. The van der Waals surface area contributed by atoms with E-state index in [0.29, 0.717) is 6.10 Å². The average molecular weight is 414 g/mol. The number of carbonyl (C=O) groups is 1. The van der Waals surface area contributed by atoms with Crippen LogP contribution < -0.4 is 4.74 Å². The predicted octanol–water partition coefficient (Wildman–Crippen LogP) is 4.68. The molecule has 1 amide bonds. The molecule has 5 rings (SSSR count). The first-order chi connectivity index (χ1) is 13.7. The number of hydrogen-bond acceptors (Lipinski definition) is 5. The van der Waals surface area contributed by atoms with Crippen molar-refractivity contribution in [1.29, 1.82) is 0 Å². The van der Waals surface area contributed by atoms with Crippen LogP contribution in [0.4, 0.5) is 0 Å². The van der Waals surface area contributed by atoms with Gasteiger partial charge in [0.1, 0.15) is 17.5 Å². The Morgan fingerprint density at radius 1 is 1.14 bits per heavy atom. The highest BCUT2D eigenvalue weighted by molar-refractivity contribution is 8.00. The largest absolute Gasteiger partial charge is 0.494 e. The average Bonchev–Trinajstić information content (AvgIpc) is 3.36. The van der Waals surface area contributed by atoms with E-state index in [-0.39, 0.29) is 11.5 Å². The molecule has 3 aliphatic rings. The van der Waals surface area contributed by atoms with E-state index >= 15 is 0 Å². The molecule has 1 aromatic heterocycles. The van der Waals surface area contributed by atoms with Gasteiger partial charge in [0, 0.05) is 59.9 Å². The lowest BCUT2D eigenvalue weighted by Crippen LogP contribution is -2.46. The van der Waals surface area contributed by atoms with Crippen molar-refractivity contribution >= 4 is 34.6 Å². The summed E-state index contributed by atoms with van der Waals surface area (Å²) in [5, 5.41) is 2.10. The molecule has 6 heteroatoms. The van der Waals surface area contributed by atoms with Crippen molar-refractivity contribution in [2.24, 2.45) is 0 Å². The number of hydrogen-bond donors (Lipinski definition) is 0. The Kier molecular flexibility index (Phi) is 4.85. The van der Waals surface area contributed by atoms with E-state index in [2.05, 4.69) is 17.5 Å². The third-order valence-electron chi connectivity index (χ3n) is 5.77. The van der Waals surface area contributed by atoms with Crippen LogP contribution in [-0.4, -0.2) is 47.1 Å². The van der Waals surface area contributed by atoms with E-state index in [9.17, 15) is 4.79 Å². The van der Waals surface area contributed by atoms with E-state index in [1.807, 2.05) is 47.2 Å². The number of benzene rings is 1. The van der Waals surface area contributed by atoms with Gasteiger partial charge in [-0.2, -0.15) is 11.8 Å². The summed E-state index contributed by atoms with van der Waals surface area (Å²) in [4.78, 5) is 16.1. The Hall–Kier alpha value is -1.92. The molecule has 146 valence electrons. The van der Waals surface area contributed by atoms with Crippen LogP contribution in [0.2, 0.25) is 0 Å². The van der Waals surface area contributed by atoms with Crippen molar-refractivity contribution in [1.82, 2.24) is 4.90 Å². The number of ether oxygens (including phenoxy) is 2. The molecule has 28 heavy (non-hydrogen) atoms. The second kappa shape index (κ2) is 7.48. The summed E-state index contributed by atoms with van der Waals surface area (Å²) in [5.41, 5.74) is 1.89. The lowest BCUT2D eigenvalue weighted by atomic mass is 9.86. The normalized spacial score (nSPS) is 21.1. The zero-order chi connectivity index (χ0) is 19.0. The Morgan fingerprint density at radius 3 is 2.57 bits per heavy atom. The summed E-state index contributed by atoms with van der Waals surface area (Å²) in [6.45, 7) is 1.48. The molecule has 2 saturated heterocycles. The topological polar surface area (TPSA) is 38.8 Å². The van der Waals surface area contributed by atoms with Crippen molar-refractivity contribution < 1.29 is 14.3 Å². The minimum Gasteiger partial charge on any atom is -0.494 e. The number of carbonyl (C=O) groups excluding carboxylic acids is 1. The van der Waals surface area contributed by atoms with Crippen LogP contribution in [0, 0.1) is 0 Å². The highest BCUT2D eigenvalue weighted by Gasteiger charge is 2.41. The third kappa shape index (κ3) is 3.55. The van der Waals surface area contributed by atoms with Crippen molar-refractivity contribution in [2.75, 3.05) is 24.6 Å².